The number of hydrogen-bond acceptors (Lipinski definition) is 6. The van der Waals surface area contributed by atoms with Crippen LogP contribution < -0.4 is 10.5 Å². The topological polar surface area (TPSA) is 107 Å². The van der Waals surface area contributed by atoms with Crippen LogP contribution in [0.5, 0.6) is 5.75 Å². The van der Waals surface area contributed by atoms with Gasteiger partial charge < -0.3 is 20.3 Å². The summed E-state index contributed by atoms with van der Waals surface area (Å²) in [5.74, 6) is 0.0407. The summed E-state index contributed by atoms with van der Waals surface area (Å²) in [6, 6.07) is 11.4. The standard InChI is InChI=1S/C31H28Cl2N6O3/c1-37-14-22-10-23(15-37)38(22)31(41)28-24-4-3-16-6-27(42-2)25(17-5-18(30(34)40)13-35-12-17)11-26(16)29(24)39(36-28)21-8-19(32)7-20(33)9-21/h5-9,11-13,22-23H,3-4,10,14-15H2,1-2H3,(H2,34,40). The van der Waals surface area contributed by atoms with E-state index in [1.807, 2.05) is 17.0 Å². The molecule has 0 saturated carbocycles. The number of nitrogens with two attached hydrogens (primary N) is 1. The van der Waals surface area contributed by atoms with Crippen LogP contribution in [0.4, 0.5) is 0 Å². The Bertz CT molecular complexity index is 1750. The first-order valence-electron chi connectivity index (χ1n) is 13.8. The summed E-state index contributed by atoms with van der Waals surface area (Å²) < 4.78 is 7.57. The molecule has 11 heteroatoms. The number of likely N-dealkylation sites (N-methyl/N-ethyl adjacent to an activating group) is 1. The summed E-state index contributed by atoms with van der Waals surface area (Å²) in [6.45, 7) is 1.72. The minimum absolute atomic E-state index is 0.0389. The molecule has 3 aliphatic rings. The Kier molecular flexibility index (Phi) is 6.49. The largest absolute Gasteiger partial charge is 0.496 e. The van der Waals surface area contributed by atoms with Crippen LogP contribution in [0, 0.1) is 0 Å². The number of carbonyl (C=O) groups is 2. The Labute approximate surface area is 252 Å². The Morgan fingerprint density at radius 2 is 1.71 bits per heavy atom. The van der Waals surface area contributed by atoms with Crippen LogP contribution in [-0.2, 0) is 12.8 Å². The van der Waals surface area contributed by atoms with Crippen LogP contribution >= 0.6 is 23.2 Å². The third-order valence-corrected chi connectivity index (χ3v) is 8.98. The van der Waals surface area contributed by atoms with Gasteiger partial charge in [0.2, 0.25) is 5.91 Å². The molecular formula is C31H28Cl2N6O3. The number of fused-ring (bicyclic) bond motifs is 5. The fraction of sp³-hybridized carbons (Fsp3) is 0.290. The Morgan fingerprint density at radius 3 is 2.40 bits per heavy atom. The van der Waals surface area contributed by atoms with Gasteiger partial charge >= 0.3 is 0 Å². The van der Waals surface area contributed by atoms with Crippen molar-refractivity contribution in [3.05, 3.63) is 81.2 Å². The summed E-state index contributed by atoms with van der Waals surface area (Å²) in [6.07, 6.45) is 5.47. The average molecular weight is 604 g/mol. The normalized spacial score (nSPS) is 19.1. The number of halogens is 2. The third-order valence-electron chi connectivity index (χ3n) is 8.55. The molecule has 214 valence electrons. The molecule has 0 spiro atoms. The predicted octanol–water partition coefficient (Wildman–Crippen LogP) is 4.64. The number of carbonyl (C=O) groups excluding carboxylic acids is 2. The maximum atomic E-state index is 14.1. The smallest absolute Gasteiger partial charge is 0.275 e. The second kappa shape index (κ2) is 10.1. The van der Waals surface area contributed by atoms with Crippen LogP contribution in [-0.4, -0.2) is 75.7 Å². The lowest BCUT2D eigenvalue weighted by Crippen LogP contribution is -2.69. The number of pyridine rings is 1. The number of benzene rings is 2. The maximum Gasteiger partial charge on any atom is 0.275 e. The van der Waals surface area contributed by atoms with Crippen molar-refractivity contribution >= 4 is 35.0 Å². The molecule has 2 fully saturated rings. The van der Waals surface area contributed by atoms with E-state index in [1.54, 1.807) is 42.3 Å². The fourth-order valence-corrected chi connectivity index (χ4v) is 7.20. The molecule has 2 aromatic heterocycles. The van der Waals surface area contributed by atoms with Crippen molar-refractivity contribution in [1.82, 2.24) is 24.6 Å². The molecule has 1 aliphatic carbocycles. The molecule has 42 heavy (non-hydrogen) atoms. The number of primary amides is 1. The molecule has 2 N–H and O–H groups in total. The molecule has 2 unspecified atom stereocenters. The number of piperidine rings is 1. The van der Waals surface area contributed by atoms with E-state index < -0.39 is 5.91 Å². The minimum Gasteiger partial charge on any atom is -0.496 e. The Morgan fingerprint density at radius 1 is 0.976 bits per heavy atom. The molecular weight excluding hydrogens is 575 g/mol. The SMILES string of the molecule is COc1cc2c(cc1-c1cncc(C(N)=O)c1)-c1c(c(C(=O)N3C4CC3CN(C)C4)nn1-c1cc(Cl)cc(Cl)c1)CC2. The third kappa shape index (κ3) is 4.35. The molecule has 2 amide bonds. The van der Waals surface area contributed by atoms with E-state index >= 15 is 0 Å². The van der Waals surface area contributed by atoms with Gasteiger partial charge in [0.1, 0.15) is 5.75 Å². The van der Waals surface area contributed by atoms with Gasteiger partial charge in [-0.3, -0.25) is 14.6 Å². The summed E-state index contributed by atoms with van der Waals surface area (Å²) in [7, 11) is 3.71. The Balaban J connectivity index is 1.43. The van der Waals surface area contributed by atoms with Gasteiger partial charge in [-0.15, -0.1) is 0 Å². The highest BCUT2D eigenvalue weighted by molar-refractivity contribution is 6.34. The number of ether oxygens (including phenoxy) is 1. The van der Waals surface area contributed by atoms with Gasteiger partial charge in [0.25, 0.3) is 5.91 Å². The zero-order chi connectivity index (χ0) is 29.3. The van der Waals surface area contributed by atoms with Crippen molar-refractivity contribution in [3.63, 3.8) is 0 Å². The molecule has 7 rings (SSSR count). The first kappa shape index (κ1) is 26.9. The number of piperazine rings is 1. The van der Waals surface area contributed by atoms with Crippen LogP contribution in [0.1, 0.15) is 38.4 Å². The predicted molar refractivity (Wildman–Crippen MR) is 161 cm³/mol. The summed E-state index contributed by atoms with van der Waals surface area (Å²) >= 11 is 12.9. The second-order valence-electron chi connectivity index (χ2n) is 11.2. The summed E-state index contributed by atoms with van der Waals surface area (Å²) in [5, 5.41) is 5.90. The van der Waals surface area contributed by atoms with E-state index in [9.17, 15) is 9.59 Å². The lowest BCUT2D eigenvalue weighted by molar-refractivity contribution is -0.0401. The molecule has 4 aromatic rings. The summed E-state index contributed by atoms with van der Waals surface area (Å²) in [4.78, 5) is 34.5. The number of hydrogen-bond donors (Lipinski definition) is 1. The Hall–Kier alpha value is -3.92. The van der Waals surface area contributed by atoms with Crippen molar-refractivity contribution in [2.45, 2.75) is 31.3 Å². The van der Waals surface area contributed by atoms with Gasteiger partial charge in [0.05, 0.1) is 24.1 Å². The number of methoxy groups -OCH3 is 1. The zero-order valence-corrected chi connectivity index (χ0v) is 24.6. The van der Waals surface area contributed by atoms with Crippen molar-refractivity contribution in [2.75, 3.05) is 27.2 Å². The van der Waals surface area contributed by atoms with Gasteiger partial charge in [-0.05, 0) is 68.3 Å². The number of rotatable bonds is 5. The second-order valence-corrected chi connectivity index (χ2v) is 12.1. The van der Waals surface area contributed by atoms with Crippen LogP contribution in [0.2, 0.25) is 10.0 Å². The molecule has 2 saturated heterocycles. The van der Waals surface area contributed by atoms with Crippen LogP contribution in [0.25, 0.3) is 28.1 Å². The number of likely N-dealkylation sites (tertiary alicyclic amines) is 2. The highest BCUT2D eigenvalue weighted by Crippen LogP contribution is 2.44. The monoisotopic (exact) mass is 602 g/mol. The molecule has 2 bridgehead atoms. The van der Waals surface area contributed by atoms with Gasteiger partial charge in [0.15, 0.2) is 5.69 Å². The number of nitrogens with zero attached hydrogens (tertiary/aromatic N) is 5. The number of aromatic nitrogens is 3. The van der Waals surface area contributed by atoms with Crippen LogP contribution in [0.3, 0.4) is 0 Å². The van der Waals surface area contributed by atoms with Gasteiger partial charge in [-0.1, -0.05) is 23.2 Å². The molecule has 4 heterocycles. The molecule has 2 atom stereocenters. The van der Waals surface area contributed by atoms with Crippen LogP contribution in [0.15, 0.2) is 48.8 Å². The summed E-state index contributed by atoms with van der Waals surface area (Å²) in [5.41, 5.74) is 12.0. The van der Waals surface area contributed by atoms with Gasteiger partial charge in [-0.25, -0.2) is 4.68 Å². The average Bonchev–Trinajstić information content (AvgIpc) is 3.36. The van der Waals surface area contributed by atoms with E-state index in [4.69, 9.17) is 38.8 Å². The number of aryl methyl sites for hydroxylation is 1. The fourth-order valence-electron chi connectivity index (χ4n) is 6.68. The van der Waals surface area contributed by atoms with E-state index in [1.165, 1.54) is 6.20 Å². The van der Waals surface area contributed by atoms with Crippen molar-refractivity contribution in [3.8, 4) is 33.8 Å². The van der Waals surface area contributed by atoms with Crippen molar-refractivity contribution < 1.29 is 14.3 Å². The lowest BCUT2D eigenvalue weighted by atomic mass is 9.84. The zero-order valence-electron chi connectivity index (χ0n) is 23.1. The quantitative estimate of drug-likeness (QED) is 0.356. The first-order chi connectivity index (χ1) is 20.2. The van der Waals surface area contributed by atoms with E-state index in [0.717, 1.165) is 47.5 Å². The number of amides is 2. The van der Waals surface area contributed by atoms with Gasteiger partial charge in [0, 0.05) is 69.9 Å². The van der Waals surface area contributed by atoms with Crippen molar-refractivity contribution in [1.29, 1.82) is 0 Å². The molecule has 2 aromatic carbocycles. The lowest BCUT2D eigenvalue weighted by Gasteiger charge is -2.55. The highest BCUT2D eigenvalue weighted by Gasteiger charge is 2.48. The molecule has 9 nitrogen and oxygen atoms in total. The first-order valence-corrected chi connectivity index (χ1v) is 14.5. The van der Waals surface area contributed by atoms with E-state index in [-0.39, 0.29) is 18.0 Å². The molecule has 2 aliphatic heterocycles. The van der Waals surface area contributed by atoms with Gasteiger partial charge in [-0.2, -0.15) is 5.10 Å². The molecule has 0 radical (unpaired) electrons. The van der Waals surface area contributed by atoms with Crippen molar-refractivity contribution in [2.24, 2.45) is 5.73 Å². The maximum absolute atomic E-state index is 14.1. The highest BCUT2D eigenvalue weighted by atomic mass is 35.5. The van der Waals surface area contributed by atoms with E-state index in [2.05, 4.69) is 16.9 Å². The van der Waals surface area contributed by atoms with E-state index in [0.29, 0.717) is 51.1 Å². The minimum atomic E-state index is -0.565.